The summed E-state index contributed by atoms with van der Waals surface area (Å²) in [5.41, 5.74) is 0.975. The number of aromatic nitrogens is 1. The molecule has 0 amide bonds. The zero-order chi connectivity index (χ0) is 12.8. The van der Waals surface area contributed by atoms with E-state index in [2.05, 4.69) is 17.2 Å². The highest BCUT2D eigenvalue weighted by atomic mass is 32.2. The van der Waals surface area contributed by atoms with E-state index in [1.165, 1.54) is 38.5 Å². The fourth-order valence-electron chi connectivity index (χ4n) is 2.60. The van der Waals surface area contributed by atoms with Gasteiger partial charge in [-0.25, -0.2) is 4.98 Å². The summed E-state index contributed by atoms with van der Waals surface area (Å²) in [5, 5.41) is 5.07. The van der Waals surface area contributed by atoms with Crippen molar-refractivity contribution in [2.75, 3.05) is 6.54 Å². The Morgan fingerprint density at radius 2 is 2.11 bits per heavy atom. The SMILES string of the molecule is CCNC1CCCCCCC1Sc1nc(C)co1. The van der Waals surface area contributed by atoms with Crippen LogP contribution in [0.4, 0.5) is 0 Å². The molecule has 0 saturated heterocycles. The number of nitrogens with one attached hydrogen (secondary N) is 1. The molecule has 2 unspecified atom stereocenters. The van der Waals surface area contributed by atoms with E-state index in [4.69, 9.17) is 4.42 Å². The number of hydrogen-bond donors (Lipinski definition) is 1. The molecular weight excluding hydrogens is 244 g/mol. The molecule has 1 saturated carbocycles. The van der Waals surface area contributed by atoms with Gasteiger partial charge in [-0.1, -0.05) is 44.4 Å². The Kier molecular flexibility index (Phi) is 5.57. The van der Waals surface area contributed by atoms with Gasteiger partial charge < -0.3 is 9.73 Å². The first-order valence-corrected chi connectivity index (χ1v) is 7.99. The van der Waals surface area contributed by atoms with Crippen LogP contribution in [0, 0.1) is 6.92 Å². The summed E-state index contributed by atoms with van der Waals surface area (Å²) in [6, 6.07) is 0.604. The zero-order valence-electron chi connectivity index (χ0n) is 11.4. The normalized spacial score (nSPS) is 25.7. The van der Waals surface area contributed by atoms with Crippen LogP contribution in [0.2, 0.25) is 0 Å². The highest BCUT2D eigenvalue weighted by Crippen LogP contribution is 2.32. The van der Waals surface area contributed by atoms with E-state index in [-0.39, 0.29) is 0 Å². The van der Waals surface area contributed by atoms with Gasteiger partial charge in [-0.05, 0) is 26.3 Å². The van der Waals surface area contributed by atoms with Crippen molar-refractivity contribution in [2.24, 2.45) is 0 Å². The van der Waals surface area contributed by atoms with Gasteiger partial charge >= 0.3 is 0 Å². The molecule has 2 rings (SSSR count). The summed E-state index contributed by atoms with van der Waals surface area (Å²) in [6.07, 6.45) is 9.74. The van der Waals surface area contributed by atoms with Crippen molar-refractivity contribution >= 4 is 11.8 Å². The van der Waals surface area contributed by atoms with Crippen molar-refractivity contribution in [3.63, 3.8) is 0 Å². The maximum atomic E-state index is 5.49. The summed E-state index contributed by atoms with van der Waals surface area (Å²) in [4.78, 5) is 4.42. The van der Waals surface area contributed by atoms with E-state index >= 15 is 0 Å². The summed E-state index contributed by atoms with van der Waals surface area (Å²) in [5.74, 6) is 0. The number of aryl methyl sites for hydroxylation is 1. The molecule has 3 nitrogen and oxygen atoms in total. The molecule has 0 spiro atoms. The van der Waals surface area contributed by atoms with E-state index in [0.717, 1.165) is 17.5 Å². The fourth-order valence-corrected chi connectivity index (χ4v) is 3.84. The molecule has 1 fully saturated rings. The highest BCUT2D eigenvalue weighted by molar-refractivity contribution is 7.99. The van der Waals surface area contributed by atoms with E-state index < -0.39 is 0 Å². The molecule has 4 heteroatoms. The number of nitrogens with zero attached hydrogens (tertiary/aromatic N) is 1. The van der Waals surface area contributed by atoms with Gasteiger partial charge in [0.1, 0.15) is 6.26 Å². The van der Waals surface area contributed by atoms with E-state index in [1.807, 2.05) is 18.7 Å². The second-order valence-corrected chi connectivity index (χ2v) is 6.26. The molecule has 1 heterocycles. The average Bonchev–Trinajstić information content (AvgIpc) is 2.73. The molecule has 0 bridgehead atoms. The molecule has 102 valence electrons. The van der Waals surface area contributed by atoms with Crippen molar-refractivity contribution < 1.29 is 4.42 Å². The first-order chi connectivity index (χ1) is 8.79. The van der Waals surface area contributed by atoms with Crippen LogP contribution in [-0.4, -0.2) is 22.8 Å². The van der Waals surface area contributed by atoms with Gasteiger partial charge in [-0.3, -0.25) is 0 Å². The minimum atomic E-state index is 0.600. The van der Waals surface area contributed by atoms with Gasteiger partial charge in [0, 0.05) is 11.3 Å². The predicted octanol–water partition coefficient (Wildman–Crippen LogP) is 3.78. The lowest BCUT2D eigenvalue weighted by Crippen LogP contribution is -2.38. The smallest absolute Gasteiger partial charge is 0.256 e. The van der Waals surface area contributed by atoms with Crippen molar-refractivity contribution in [1.82, 2.24) is 10.3 Å². The van der Waals surface area contributed by atoms with Crippen LogP contribution in [0.3, 0.4) is 0 Å². The Morgan fingerprint density at radius 3 is 2.78 bits per heavy atom. The first-order valence-electron chi connectivity index (χ1n) is 7.11. The van der Waals surface area contributed by atoms with E-state index in [0.29, 0.717) is 11.3 Å². The van der Waals surface area contributed by atoms with Crippen molar-refractivity contribution in [3.8, 4) is 0 Å². The Morgan fingerprint density at radius 1 is 1.33 bits per heavy atom. The monoisotopic (exact) mass is 268 g/mol. The predicted molar refractivity (Wildman–Crippen MR) is 76.1 cm³/mol. The third-order valence-corrected chi connectivity index (χ3v) is 4.78. The van der Waals surface area contributed by atoms with Gasteiger partial charge in [0.2, 0.25) is 0 Å². The second-order valence-electron chi connectivity index (χ2n) is 5.07. The number of oxazole rings is 1. The standard InChI is InChI=1S/C14H24N2OS/c1-3-15-12-8-6-4-5-7-9-13(12)18-14-16-11(2)10-17-14/h10,12-13,15H,3-9H2,1-2H3. The molecule has 1 aliphatic carbocycles. The third-order valence-electron chi connectivity index (χ3n) is 3.52. The van der Waals surface area contributed by atoms with Crippen LogP contribution >= 0.6 is 11.8 Å². The highest BCUT2D eigenvalue weighted by Gasteiger charge is 2.24. The van der Waals surface area contributed by atoms with Crippen LogP contribution in [0.15, 0.2) is 15.9 Å². The molecule has 1 aliphatic rings. The average molecular weight is 268 g/mol. The van der Waals surface area contributed by atoms with E-state index in [1.54, 1.807) is 6.26 Å². The molecule has 0 aliphatic heterocycles. The summed E-state index contributed by atoms with van der Waals surface area (Å²) in [6.45, 7) is 5.22. The minimum Gasteiger partial charge on any atom is -0.440 e. The number of thioether (sulfide) groups is 1. The van der Waals surface area contributed by atoms with Crippen molar-refractivity contribution in [3.05, 3.63) is 12.0 Å². The number of hydrogen-bond acceptors (Lipinski definition) is 4. The molecule has 2 atom stereocenters. The Hall–Kier alpha value is -0.480. The molecular formula is C14H24N2OS. The largest absolute Gasteiger partial charge is 0.440 e. The van der Waals surface area contributed by atoms with Gasteiger partial charge in [0.15, 0.2) is 0 Å². The van der Waals surface area contributed by atoms with Crippen molar-refractivity contribution in [2.45, 2.75) is 68.9 Å². The molecule has 0 aromatic carbocycles. The van der Waals surface area contributed by atoms with Crippen LogP contribution in [-0.2, 0) is 0 Å². The topological polar surface area (TPSA) is 38.1 Å². The van der Waals surface area contributed by atoms with Crippen LogP contribution in [0.1, 0.15) is 51.1 Å². The lowest BCUT2D eigenvalue weighted by Gasteiger charge is -2.28. The van der Waals surface area contributed by atoms with Gasteiger partial charge in [0.05, 0.1) is 5.69 Å². The summed E-state index contributed by atoms with van der Waals surface area (Å²) < 4.78 is 5.49. The quantitative estimate of drug-likeness (QED) is 0.902. The maximum absolute atomic E-state index is 5.49. The van der Waals surface area contributed by atoms with Gasteiger partial charge in [-0.15, -0.1) is 0 Å². The van der Waals surface area contributed by atoms with Gasteiger partial charge in [-0.2, -0.15) is 0 Å². The Bertz CT molecular complexity index is 353. The summed E-state index contributed by atoms with van der Waals surface area (Å²) >= 11 is 1.82. The third kappa shape index (κ3) is 4.02. The fraction of sp³-hybridized carbons (Fsp3) is 0.786. The molecule has 1 aromatic heterocycles. The van der Waals surface area contributed by atoms with Crippen LogP contribution in [0.25, 0.3) is 0 Å². The second kappa shape index (κ2) is 7.19. The Balaban J connectivity index is 1.99. The number of rotatable bonds is 4. The van der Waals surface area contributed by atoms with Crippen molar-refractivity contribution in [1.29, 1.82) is 0 Å². The lowest BCUT2D eigenvalue weighted by atomic mass is 9.96. The van der Waals surface area contributed by atoms with Crippen LogP contribution in [0.5, 0.6) is 0 Å². The maximum Gasteiger partial charge on any atom is 0.256 e. The molecule has 1 N–H and O–H groups in total. The minimum absolute atomic E-state index is 0.600. The Labute approximate surface area is 114 Å². The van der Waals surface area contributed by atoms with E-state index in [9.17, 15) is 0 Å². The molecule has 1 aromatic rings. The van der Waals surface area contributed by atoms with Crippen LogP contribution < -0.4 is 5.32 Å². The lowest BCUT2D eigenvalue weighted by molar-refractivity contribution is 0.400. The molecule has 0 radical (unpaired) electrons. The zero-order valence-corrected chi connectivity index (χ0v) is 12.3. The van der Waals surface area contributed by atoms with Gasteiger partial charge in [0.25, 0.3) is 5.22 Å². The first kappa shape index (κ1) is 13.9. The summed E-state index contributed by atoms with van der Waals surface area (Å²) in [7, 11) is 0. The molecule has 18 heavy (non-hydrogen) atoms.